The lowest BCUT2D eigenvalue weighted by atomic mass is 9.78. The molecule has 2 unspecified atom stereocenters. The van der Waals surface area contributed by atoms with Crippen LogP contribution in [0.3, 0.4) is 0 Å². The first-order valence-electron chi connectivity index (χ1n) is 7.27. The molecular weight excluding hydrogens is 246 g/mol. The zero-order valence-corrected chi connectivity index (χ0v) is 11.9. The molecular formula is C18H21NO. The number of fused-ring (bicyclic) bond motifs is 1. The van der Waals surface area contributed by atoms with Crippen LogP contribution in [0.2, 0.25) is 0 Å². The van der Waals surface area contributed by atoms with Crippen LogP contribution in [0, 0.1) is 0 Å². The molecule has 0 aliphatic heterocycles. The molecule has 0 aromatic heterocycles. The Labute approximate surface area is 120 Å². The molecule has 2 heteroatoms. The van der Waals surface area contributed by atoms with Crippen LogP contribution in [0.5, 0.6) is 5.75 Å². The molecule has 0 amide bonds. The third kappa shape index (κ3) is 2.86. The van der Waals surface area contributed by atoms with Crippen LogP contribution in [-0.2, 0) is 12.8 Å². The lowest BCUT2D eigenvalue weighted by Gasteiger charge is -2.29. The van der Waals surface area contributed by atoms with Crippen LogP contribution in [-0.4, -0.2) is 12.6 Å². The van der Waals surface area contributed by atoms with Crippen molar-refractivity contribution in [2.45, 2.75) is 31.7 Å². The standard InChI is InChI=1S/C18H21NO/c1-13(19)10-14-6-8-17(9-7-14)20-12-16-11-15-4-2-3-5-18(15)16/h2-9,13,16H,10-12,19H2,1H3. The summed E-state index contributed by atoms with van der Waals surface area (Å²) < 4.78 is 5.90. The maximum absolute atomic E-state index is 5.90. The van der Waals surface area contributed by atoms with Crippen LogP contribution in [0.15, 0.2) is 48.5 Å². The molecule has 0 saturated carbocycles. The largest absolute Gasteiger partial charge is 0.493 e. The van der Waals surface area contributed by atoms with Crippen molar-refractivity contribution in [2.24, 2.45) is 5.73 Å². The lowest BCUT2D eigenvalue weighted by Crippen LogP contribution is -2.23. The third-order valence-corrected chi connectivity index (χ3v) is 3.89. The van der Waals surface area contributed by atoms with Gasteiger partial charge in [-0.2, -0.15) is 0 Å². The molecule has 2 aromatic carbocycles. The van der Waals surface area contributed by atoms with Crippen molar-refractivity contribution in [3.8, 4) is 5.75 Å². The Bertz CT molecular complexity index is 574. The van der Waals surface area contributed by atoms with E-state index in [1.807, 2.05) is 19.1 Å². The van der Waals surface area contributed by atoms with Crippen LogP contribution in [0.1, 0.15) is 29.5 Å². The first-order chi connectivity index (χ1) is 9.72. The second-order valence-electron chi connectivity index (χ2n) is 5.74. The van der Waals surface area contributed by atoms with Gasteiger partial charge >= 0.3 is 0 Å². The quantitative estimate of drug-likeness (QED) is 0.902. The molecule has 2 N–H and O–H groups in total. The van der Waals surface area contributed by atoms with Gasteiger partial charge in [-0.15, -0.1) is 0 Å². The van der Waals surface area contributed by atoms with E-state index in [1.165, 1.54) is 16.7 Å². The number of rotatable bonds is 5. The number of benzene rings is 2. The maximum Gasteiger partial charge on any atom is 0.119 e. The summed E-state index contributed by atoms with van der Waals surface area (Å²) in [5.74, 6) is 1.50. The number of hydrogen-bond donors (Lipinski definition) is 1. The molecule has 0 fully saturated rings. The fraction of sp³-hybridized carbons (Fsp3) is 0.333. The molecule has 0 saturated heterocycles. The fourth-order valence-electron chi connectivity index (χ4n) is 2.80. The molecule has 0 radical (unpaired) electrons. The minimum atomic E-state index is 0.202. The summed E-state index contributed by atoms with van der Waals surface area (Å²) >= 11 is 0. The summed E-state index contributed by atoms with van der Waals surface area (Å²) in [4.78, 5) is 0. The molecule has 2 nitrogen and oxygen atoms in total. The monoisotopic (exact) mass is 267 g/mol. The van der Waals surface area contributed by atoms with Gasteiger partial charge in [0.1, 0.15) is 5.75 Å². The highest BCUT2D eigenvalue weighted by molar-refractivity contribution is 5.40. The SMILES string of the molecule is CC(N)Cc1ccc(OCC2Cc3ccccc32)cc1. The van der Waals surface area contributed by atoms with Gasteiger partial charge in [-0.1, -0.05) is 36.4 Å². The van der Waals surface area contributed by atoms with Crippen molar-refractivity contribution in [2.75, 3.05) is 6.61 Å². The first-order valence-corrected chi connectivity index (χ1v) is 7.27. The van der Waals surface area contributed by atoms with Crippen molar-refractivity contribution < 1.29 is 4.74 Å². The molecule has 0 heterocycles. The van der Waals surface area contributed by atoms with Crippen molar-refractivity contribution >= 4 is 0 Å². The number of hydrogen-bond acceptors (Lipinski definition) is 2. The number of ether oxygens (including phenoxy) is 1. The van der Waals surface area contributed by atoms with E-state index in [2.05, 4.69) is 36.4 Å². The zero-order valence-electron chi connectivity index (χ0n) is 11.9. The fourth-order valence-corrected chi connectivity index (χ4v) is 2.80. The van der Waals surface area contributed by atoms with Crippen molar-refractivity contribution in [1.82, 2.24) is 0 Å². The highest BCUT2D eigenvalue weighted by Gasteiger charge is 2.25. The van der Waals surface area contributed by atoms with Gasteiger partial charge < -0.3 is 10.5 Å². The van der Waals surface area contributed by atoms with Gasteiger partial charge in [0, 0.05) is 12.0 Å². The molecule has 0 spiro atoms. The van der Waals surface area contributed by atoms with Gasteiger partial charge in [0.2, 0.25) is 0 Å². The van der Waals surface area contributed by atoms with E-state index in [9.17, 15) is 0 Å². The average Bonchev–Trinajstić information content (AvgIpc) is 2.41. The van der Waals surface area contributed by atoms with E-state index in [0.29, 0.717) is 5.92 Å². The lowest BCUT2D eigenvalue weighted by molar-refractivity contribution is 0.275. The van der Waals surface area contributed by atoms with Crippen LogP contribution < -0.4 is 10.5 Å². The summed E-state index contributed by atoms with van der Waals surface area (Å²) in [6, 6.07) is 17.1. The Morgan fingerprint density at radius 1 is 1.15 bits per heavy atom. The average molecular weight is 267 g/mol. The van der Waals surface area contributed by atoms with Gasteiger partial charge in [-0.3, -0.25) is 0 Å². The molecule has 1 aliphatic carbocycles. The third-order valence-electron chi connectivity index (χ3n) is 3.89. The Morgan fingerprint density at radius 3 is 2.60 bits per heavy atom. The summed E-state index contributed by atoms with van der Waals surface area (Å²) in [5, 5.41) is 0. The summed E-state index contributed by atoms with van der Waals surface area (Å²) in [6.07, 6.45) is 2.05. The Balaban J connectivity index is 1.55. The van der Waals surface area contributed by atoms with E-state index in [0.717, 1.165) is 25.2 Å². The normalized spacial score (nSPS) is 18.0. The first kappa shape index (κ1) is 13.2. The van der Waals surface area contributed by atoms with Crippen molar-refractivity contribution in [1.29, 1.82) is 0 Å². The van der Waals surface area contributed by atoms with Crippen LogP contribution >= 0.6 is 0 Å². The molecule has 2 aromatic rings. The summed E-state index contributed by atoms with van der Waals surface area (Å²) in [5.41, 5.74) is 9.98. The van der Waals surface area contributed by atoms with Crippen molar-refractivity contribution in [3.63, 3.8) is 0 Å². The number of nitrogens with two attached hydrogens (primary N) is 1. The second kappa shape index (κ2) is 5.68. The van der Waals surface area contributed by atoms with E-state index < -0.39 is 0 Å². The summed E-state index contributed by atoms with van der Waals surface area (Å²) in [6.45, 7) is 2.79. The minimum Gasteiger partial charge on any atom is -0.493 e. The highest BCUT2D eigenvalue weighted by Crippen LogP contribution is 2.35. The Morgan fingerprint density at radius 2 is 1.90 bits per heavy atom. The van der Waals surface area contributed by atoms with Crippen LogP contribution in [0.4, 0.5) is 0 Å². The molecule has 0 bridgehead atoms. The summed E-state index contributed by atoms with van der Waals surface area (Å²) in [7, 11) is 0. The minimum absolute atomic E-state index is 0.202. The Hall–Kier alpha value is -1.80. The molecule has 3 rings (SSSR count). The van der Waals surface area contributed by atoms with Gasteiger partial charge in [-0.25, -0.2) is 0 Å². The van der Waals surface area contributed by atoms with Crippen molar-refractivity contribution in [3.05, 3.63) is 65.2 Å². The van der Waals surface area contributed by atoms with Gasteiger partial charge in [0.15, 0.2) is 0 Å². The molecule has 20 heavy (non-hydrogen) atoms. The topological polar surface area (TPSA) is 35.2 Å². The van der Waals surface area contributed by atoms with E-state index >= 15 is 0 Å². The predicted octanol–water partition coefficient (Wildman–Crippen LogP) is 3.30. The van der Waals surface area contributed by atoms with Crippen LogP contribution in [0.25, 0.3) is 0 Å². The molecule has 1 aliphatic rings. The molecule has 2 atom stereocenters. The Kier molecular flexibility index (Phi) is 3.75. The maximum atomic E-state index is 5.90. The highest BCUT2D eigenvalue weighted by atomic mass is 16.5. The van der Waals surface area contributed by atoms with E-state index in [-0.39, 0.29) is 6.04 Å². The van der Waals surface area contributed by atoms with E-state index in [4.69, 9.17) is 10.5 Å². The smallest absolute Gasteiger partial charge is 0.119 e. The van der Waals surface area contributed by atoms with Gasteiger partial charge in [0.25, 0.3) is 0 Å². The van der Waals surface area contributed by atoms with E-state index in [1.54, 1.807) is 0 Å². The predicted molar refractivity (Wildman–Crippen MR) is 82.2 cm³/mol. The zero-order chi connectivity index (χ0) is 13.9. The molecule has 104 valence electrons. The van der Waals surface area contributed by atoms with Gasteiger partial charge in [0.05, 0.1) is 6.61 Å². The second-order valence-corrected chi connectivity index (χ2v) is 5.74. The van der Waals surface area contributed by atoms with Gasteiger partial charge in [-0.05, 0) is 48.6 Å².